The summed E-state index contributed by atoms with van der Waals surface area (Å²) in [6, 6.07) is 4.96. The van der Waals surface area contributed by atoms with Gasteiger partial charge in [-0.3, -0.25) is 4.68 Å². The monoisotopic (exact) mass is 261 g/mol. The first-order valence-corrected chi connectivity index (χ1v) is 7.41. The van der Waals surface area contributed by atoms with E-state index in [0.29, 0.717) is 6.04 Å². The minimum absolute atomic E-state index is 0.523. The summed E-state index contributed by atoms with van der Waals surface area (Å²) in [5.41, 5.74) is 3.87. The largest absolute Gasteiger partial charge is 0.304 e. The summed E-state index contributed by atoms with van der Waals surface area (Å²) < 4.78 is 1.97. The first-order valence-electron chi connectivity index (χ1n) is 6.53. The Balaban J connectivity index is 1.70. The summed E-state index contributed by atoms with van der Waals surface area (Å²) >= 11 is 1.90. The Kier molecular flexibility index (Phi) is 3.22. The van der Waals surface area contributed by atoms with Gasteiger partial charge >= 0.3 is 0 Å². The van der Waals surface area contributed by atoms with E-state index in [9.17, 15) is 0 Å². The lowest BCUT2D eigenvalue weighted by Crippen LogP contribution is -2.24. The average Bonchev–Trinajstić information content (AvgIpc) is 2.93. The molecule has 0 saturated carbocycles. The lowest BCUT2D eigenvalue weighted by molar-refractivity contribution is 0.454. The zero-order valence-corrected chi connectivity index (χ0v) is 11.8. The van der Waals surface area contributed by atoms with E-state index in [4.69, 9.17) is 0 Å². The van der Waals surface area contributed by atoms with Crippen molar-refractivity contribution in [1.82, 2.24) is 15.1 Å². The van der Waals surface area contributed by atoms with Crippen LogP contribution in [-0.4, -0.2) is 9.78 Å². The summed E-state index contributed by atoms with van der Waals surface area (Å²) in [4.78, 5) is 1.57. The molecule has 3 rings (SSSR count). The van der Waals surface area contributed by atoms with Gasteiger partial charge in [-0.25, -0.2) is 0 Å². The molecule has 0 aromatic carbocycles. The number of aromatic nitrogens is 2. The van der Waals surface area contributed by atoms with Crippen molar-refractivity contribution in [1.29, 1.82) is 0 Å². The van der Waals surface area contributed by atoms with E-state index < -0.39 is 0 Å². The molecule has 3 nitrogen and oxygen atoms in total. The fourth-order valence-electron chi connectivity index (χ4n) is 2.76. The summed E-state index contributed by atoms with van der Waals surface area (Å²) in [6.07, 6.45) is 3.81. The number of aryl methyl sites for hydroxylation is 3. The molecule has 0 radical (unpaired) electrons. The Morgan fingerprint density at radius 2 is 2.44 bits per heavy atom. The molecule has 2 heterocycles. The molecule has 1 N–H and O–H groups in total. The minimum atomic E-state index is 0.523. The Morgan fingerprint density at radius 1 is 1.56 bits per heavy atom. The van der Waals surface area contributed by atoms with Crippen LogP contribution < -0.4 is 5.32 Å². The van der Waals surface area contributed by atoms with Gasteiger partial charge in [0.15, 0.2) is 0 Å². The molecule has 2 aromatic heterocycles. The number of nitrogens with zero attached hydrogens (tertiary/aromatic N) is 2. The van der Waals surface area contributed by atoms with E-state index in [2.05, 4.69) is 27.9 Å². The highest BCUT2D eigenvalue weighted by atomic mass is 32.1. The van der Waals surface area contributed by atoms with E-state index in [0.717, 1.165) is 12.2 Å². The molecule has 96 valence electrons. The Bertz CT molecular complexity index is 541. The van der Waals surface area contributed by atoms with Crippen LogP contribution in [0.4, 0.5) is 0 Å². The van der Waals surface area contributed by atoms with Crippen LogP contribution in [0.15, 0.2) is 17.5 Å². The van der Waals surface area contributed by atoms with Crippen molar-refractivity contribution in [2.24, 2.45) is 7.05 Å². The third-order valence-corrected chi connectivity index (χ3v) is 4.68. The molecule has 0 saturated heterocycles. The van der Waals surface area contributed by atoms with Crippen LogP contribution in [0, 0.1) is 6.92 Å². The molecule has 18 heavy (non-hydrogen) atoms. The summed E-state index contributed by atoms with van der Waals surface area (Å²) in [7, 11) is 2.01. The number of thiophene rings is 1. The maximum Gasteiger partial charge on any atom is 0.0597 e. The second kappa shape index (κ2) is 4.86. The van der Waals surface area contributed by atoms with Crippen molar-refractivity contribution in [2.75, 3.05) is 0 Å². The van der Waals surface area contributed by atoms with Crippen molar-refractivity contribution in [3.63, 3.8) is 0 Å². The van der Waals surface area contributed by atoms with Gasteiger partial charge in [0, 0.05) is 24.5 Å². The second-order valence-corrected chi connectivity index (χ2v) is 6.03. The number of rotatable bonds is 3. The van der Waals surface area contributed by atoms with Crippen LogP contribution in [0.3, 0.4) is 0 Å². The fraction of sp³-hybridized carbons (Fsp3) is 0.500. The Hall–Kier alpha value is -1.13. The number of hydrogen-bond acceptors (Lipinski definition) is 3. The van der Waals surface area contributed by atoms with Crippen molar-refractivity contribution >= 4 is 11.3 Å². The third kappa shape index (κ3) is 2.22. The standard InChI is InChI=1S/C14H19N3S/c1-10-8-11(17(2)16-10)9-15-13-4-3-5-14-12(13)6-7-18-14/h6-8,13,15H,3-5,9H2,1-2H3. The zero-order chi connectivity index (χ0) is 12.5. The molecule has 1 aliphatic rings. The van der Waals surface area contributed by atoms with Gasteiger partial charge in [0.05, 0.1) is 11.4 Å². The predicted molar refractivity (Wildman–Crippen MR) is 74.8 cm³/mol. The van der Waals surface area contributed by atoms with E-state index in [1.54, 1.807) is 4.88 Å². The predicted octanol–water partition coefficient (Wildman–Crippen LogP) is 2.96. The molecular formula is C14H19N3S. The highest BCUT2D eigenvalue weighted by Gasteiger charge is 2.20. The number of fused-ring (bicyclic) bond motifs is 1. The van der Waals surface area contributed by atoms with Gasteiger partial charge in [0.2, 0.25) is 0 Å². The summed E-state index contributed by atoms with van der Waals surface area (Å²) in [6.45, 7) is 2.94. The molecule has 0 bridgehead atoms. The first kappa shape index (κ1) is 11.9. The van der Waals surface area contributed by atoms with Crippen molar-refractivity contribution < 1.29 is 0 Å². The van der Waals surface area contributed by atoms with Gasteiger partial charge in [0.25, 0.3) is 0 Å². The minimum Gasteiger partial charge on any atom is -0.304 e. The summed E-state index contributed by atoms with van der Waals surface area (Å²) in [5.74, 6) is 0. The van der Waals surface area contributed by atoms with E-state index >= 15 is 0 Å². The van der Waals surface area contributed by atoms with Gasteiger partial charge < -0.3 is 5.32 Å². The van der Waals surface area contributed by atoms with Gasteiger partial charge in [0.1, 0.15) is 0 Å². The average molecular weight is 261 g/mol. The molecule has 1 atom stereocenters. The molecule has 1 unspecified atom stereocenters. The van der Waals surface area contributed by atoms with Crippen molar-refractivity contribution in [2.45, 2.75) is 38.8 Å². The van der Waals surface area contributed by atoms with Crippen LogP contribution in [0.1, 0.15) is 40.7 Å². The maximum absolute atomic E-state index is 4.39. The molecule has 2 aromatic rings. The Morgan fingerprint density at radius 3 is 3.22 bits per heavy atom. The second-order valence-electron chi connectivity index (χ2n) is 5.03. The molecule has 0 spiro atoms. The van der Waals surface area contributed by atoms with Gasteiger partial charge in [-0.05, 0) is 49.3 Å². The molecule has 0 amide bonds. The quantitative estimate of drug-likeness (QED) is 0.920. The molecular weight excluding hydrogens is 242 g/mol. The molecule has 0 aliphatic heterocycles. The van der Waals surface area contributed by atoms with Gasteiger partial charge in [-0.15, -0.1) is 11.3 Å². The zero-order valence-electron chi connectivity index (χ0n) is 10.9. The summed E-state index contributed by atoms with van der Waals surface area (Å²) in [5, 5.41) is 10.3. The highest BCUT2D eigenvalue weighted by molar-refractivity contribution is 7.10. The lowest BCUT2D eigenvalue weighted by Gasteiger charge is -2.23. The third-order valence-electron chi connectivity index (χ3n) is 3.68. The topological polar surface area (TPSA) is 29.9 Å². The smallest absolute Gasteiger partial charge is 0.0597 e. The molecule has 1 aliphatic carbocycles. The van der Waals surface area contributed by atoms with E-state index in [1.165, 1.54) is 30.5 Å². The Labute approximate surface area is 112 Å². The van der Waals surface area contributed by atoms with Crippen LogP contribution in [0.5, 0.6) is 0 Å². The normalized spacial score (nSPS) is 18.9. The van der Waals surface area contributed by atoms with Crippen LogP contribution >= 0.6 is 11.3 Å². The van der Waals surface area contributed by atoms with Gasteiger partial charge in [-0.1, -0.05) is 0 Å². The maximum atomic E-state index is 4.39. The van der Waals surface area contributed by atoms with Crippen LogP contribution in [-0.2, 0) is 20.0 Å². The SMILES string of the molecule is Cc1cc(CNC2CCCc3sccc32)n(C)n1. The fourth-order valence-corrected chi connectivity index (χ4v) is 3.74. The van der Waals surface area contributed by atoms with Gasteiger partial charge in [-0.2, -0.15) is 5.10 Å². The van der Waals surface area contributed by atoms with Crippen molar-refractivity contribution in [3.8, 4) is 0 Å². The van der Waals surface area contributed by atoms with Crippen LogP contribution in [0.25, 0.3) is 0 Å². The number of hydrogen-bond donors (Lipinski definition) is 1. The lowest BCUT2D eigenvalue weighted by atomic mass is 9.94. The molecule has 0 fully saturated rings. The van der Waals surface area contributed by atoms with E-state index in [-0.39, 0.29) is 0 Å². The molecule has 4 heteroatoms. The number of nitrogens with one attached hydrogen (secondary N) is 1. The highest BCUT2D eigenvalue weighted by Crippen LogP contribution is 2.33. The first-order chi connectivity index (χ1) is 8.74. The van der Waals surface area contributed by atoms with E-state index in [1.807, 2.05) is 30.0 Å². The van der Waals surface area contributed by atoms with Crippen molar-refractivity contribution in [3.05, 3.63) is 39.3 Å². The van der Waals surface area contributed by atoms with Crippen LogP contribution in [0.2, 0.25) is 0 Å².